The second-order valence-corrected chi connectivity index (χ2v) is 6.45. The smallest absolute Gasteiger partial charge is 0.248 e. The molecule has 2 aromatic carbocycles. The Balaban J connectivity index is 2.31. The minimum Gasteiger partial charge on any atom is -0.492 e. The van der Waals surface area contributed by atoms with Crippen LogP contribution in [0.25, 0.3) is 10.9 Å². The largest absolute Gasteiger partial charge is 0.492 e. The van der Waals surface area contributed by atoms with Gasteiger partial charge in [0.25, 0.3) is 0 Å². The molecule has 2 N–H and O–H groups in total. The number of carbonyl (C=O) groups is 1. The van der Waals surface area contributed by atoms with E-state index in [4.69, 9.17) is 35.5 Å². The van der Waals surface area contributed by atoms with Gasteiger partial charge in [-0.1, -0.05) is 17.7 Å². The third kappa shape index (κ3) is 5.98. The summed E-state index contributed by atoms with van der Waals surface area (Å²) in [4.78, 5) is 16.9. The zero-order valence-electron chi connectivity index (χ0n) is 30.8. The van der Waals surface area contributed by atoms with Crippen molar-refractivity contribution >= 4 is 45.5 Å². The molecule has 0 aliphatic heterocycles. The van der Waals surface area contributed by atoms with E-state index in [1.54, 1.807) is 6.07 Å². The number of fused-ring (bicyclic) bond motifs is 1. The van der Waals surface area contributed by atoms with Gasteiger partial charge in [0.05, 0.1) is 45.0 Å². The highest BCUT2D eigenvalue weighted by Crippen LogP contribution is 2.36. The number of ether oxygens (including phenoxy) is 1. The maximum atomic E-state index is 14.3. The van der Waals surface area contributed by atoms with Crippen LogP contribution in [0.1, 0.15) is 31.7 Å². The minimum atomic E-state index is -3.06. The molecule has 0 aliphatic rings. The van der Waals surface area contributed by atoms with Crippen LogP contribution in [0.5, 0.6) is 5.75 Å². The number of likely N-dealkylation sites (N-methyl/N-ethyl adjacent to an activating group) is 1. The number of hydrogen-bond acceptors (Lipinski definition) is 6. The van der Waals surface area contributed by atoms with E-state index in [1.165, 1.54) is 0 Å². The number of anilines is 3. The molecule has 0 spiro atoms. The molecule has 1 amide bonds. The number of benzene rings is 2. The highest BCUT2D eigenvalue weighted by molar-refractivity contribution is 6.31. The van der Waals surface area contributed by atoms with Gasteiger partial charge >= 0.3 is 0 Å². The zero-order chi connectivity index (χ0) is 36.0. The third-order valence-electron chi connectivity index (χ3n) is 3.82. The van der Waals surface area contributed by atoms with Crippen molar-refractivity contribution in [1.29, 1.82) is 5.26 Å². The van der Waals surface area contributed by atoms with Gasteiger partial charge in [0.1, 0.15) is 17.6 Å². The van der Waals surface area contributed by atoms with Crippen LogP contribution >= 0.6 is 11.6 Å². The number of nitrogens with one attached hydrogen (secondary N) is 2. The lowest BCUT2D eigenvalue weighted by Gasteiger charge is -2.16. The molecule has 0 bridgehead atoms. The van der Waals surface area contributed by atoms with Gasteiger partial charge < -0.3 is 20.3 Å². The summed E-state index contributed by atoms with van der Waals surface area (Å²) in [6.45, 7) is -8.48. The van der Waals surface area contributed by atoms with Crippen LogP contribution in [0, 0.1) is 17.1 Å². The van der Waals surface area contributed by atoms with Crippen molar-refractivity contribution in [3.05, 3.63) is 64.9 Å². The number of aromatic nitrogens is 1. The Morgan fingerprint density at radius 2 is 2.27 bits per heavy atom. The molecule has 1 aromatic heterocycles. The summed E-state index contributed by atoms with van der Waals surface area (Å²) < 4.78 is 130. The lowest BCUT2D eigenvalue weighted by Crippen LogP contribution is -2.13. The predicted octanol–water partition coefficient (Wildman–Crippen LogP) is 5.10. The number of amides is 1. The van der Waals surface area contributed by atoms with E-state index in [1.807, 2.05) is 0 Å². The number of nitriles is 1. The first-order valence-electron chi connectivity index (χ1n) is 16.0. The van der Waals surface area contributed by atoms with Crippen molar-refractivity contribution in [1.82, 2.24) is 9.88 Å². The van der Waals surface area contributed by atoms with E-state index < -0.39 is 119 Å². The Kier molecular flexibility index (Phi) is 3.74. The fourth-order valence-electron chi connectivity index (χ4n) is 2.49. The van der Waals surface area contributed by atoms with Crippen LogP contribution in [0.4, 0.5) is 21.5 Å². The van der Waals surface area contributed by atoms with Gasteiger partial charge in [-0.2, -0.15) is 5.26 Å². The summed E-state index contributed by atoms with van der Waals surface area (Å²) in [5.41, 5.74) is -3.00. The fraction of sp³-hybridized carbons (Fsp3) is 0.208. The standard InChI is InChI=1S/C24H23ClFN5O2/c1-4-33-22-12-20-17(11-21(22)30-23(32)6-5-9-31(2)3)24(15(13-27)14-28-20)29-16-7-8-19(26)18(25)10-16/h5-8,10-12,14H,4,9H2,1-3H3,(H,28,29)(H,30,32)/b6-5+/i2D3,3D3,4D2,7D,8D,10D,11D,12D,14D. The second-order valence-electron chi connectivity index (χ2n) is 6.07. The molecule has 0 atom stereocenters. The molecule has 0 aliphatic carbocycles. The Bertz CT molecular complexity index is 1790. The van der Waals surface area contributed by atoms with Gasteiger partial charge in [0, 0.05) is 44.1 Å². The topological polar surface area (TPSA) is 90.3 Å². The van der Waals surface area contributed by atoms with Crippen LogP contribution < -0.4 is 15.4 Å². The van der Waals surface area contributed by atoms with Crippen LogP contribution in [0.3, 0.4) is 0 Å². The summed E-state index contributed by atoms with van der Waals surface area (Å²) in [5, 5.41) is 13.2. The number of rotatable bonds is 8. The van der Waals surface area contributed by atoms with Crippen LogP contribution in [0.2, 0.25) is 5.02 Å². The van der Waals surface area contributed by atoms with Gasteiger partial charge in [0.2, 0.25) is 5.91 Å². The zero-order valence-corrected chi connectivity index (χ0v) is 17.5. The summed E-state index contributed by atoms with van der Waals surface area (Å²) >= 11 is 5.82. The number of hydrogen-bond donors (Lipinski definition) is 2. The molecule has 3 aromatic rings. The quantitative estimate of drug-likeness (QED) is 0.435. The first-order chi connectivity index (χ1) is 21.4. The van der Waals surface area contributed by atoms with Gasteiger partial charge in [-0.15, -0.1) is 0 Å². The van der Waals surface area contributed by atoms with Crippen molar-refractivity contribution in [2.24, 2.45) is 0 Å². The molecule has 0 unspecified atom stereocenters. The average Bonchev–Trinajstić information content (AvgIpc) is 2.93. The Hall–Kier alpha value is -3.67. The molecule has 9 heteroatoms. The van der Waals surface area contributed by atoms with E-state index in [2.05, 4.69) is 15.6 Å². The van der Waals surface area contributed by atoms with Crippen molar-refractivity contribution in [3.8, 4) is 11.8 Å². The first-order valence-corrected chi connectivity index (χ1v) is 9.33. The Labute approximate surface area is 216 Å². The Morgan fingerprint density at radius 1 is 1.45 bits per heavy atom. The molecule has 7 nitrogen and oxygen atoms in total. The van der Waals surface area contributed by atoms with Crippen LogP contribution in [-0.4, -0.2) is 42.8 Å². The van der Waals surface area contributed by atoms with E-state index in [-0.39, 0.29) is 4.90 Å². The molecule has 0 fully saturated rings. The van der Waals surface area contributed by atoms with Gasteiger partial charge in [-0.3, -0.25) is 9.78 Å². The van der Waals surface area contributed by atoms with Gasteiger partial charge in [-0.05, 0) is 45.0 Å². The van der Waals surface area contributed by atoms with Crippen molar-refractivity contribution in [2.45, 2.75) is 6.92 Å². The SMILES string of the molecule is [2H]c1nc2c([2H])c(OC([2H])([2H])C)c(NC(=O)/C=C/CN(C([2H])([2H])[2H])C([2H])([2H])[2H])c([2H])c2c(Nc2c([2H])c([2H])c(F)c(Cl)c2[2H])c1C#N. The lowest BCUT2D eigenvalue weighted by molar-refractivity contribution is -0.111. The van der Waals surface area contributed by atoms with Crippen molar-refractivity contribution in [2.75, 3.05) is 37.7 Å². The van der Waals surface area contributed by atoms with E-state index in [0.29, 0.717) is 6.08 Å². The van der Waals surface area contributed by atoms with Gasteiger partial charge in [-0.25, -0.2) is 4.39 Å². The predicted molar refractivity (Wildman–Crippen MR) is 129 cm³/mol. The first kappa shape index (κ1) is 11.5. The molecule has 170 valence electrons. The summed E-state index contributed by atoms with van der Waals surface area (Å²) in [5.74, 6) is -3.26. The van der Waals surface area contributed by atoms with E-state index in [9.17, 15) is 14.4 Å². The van der Waals surface area contributed by atoms with Crippen molar-refractivity contribution in [3.63, 3.8) is 0 Å². The summed E-state index contributed by atoms with van der Waals surface area (Å²) in [6.07, 6.45) is 0.810. The molecular formula is C24H23ClFN5O2. The summed E-state index contributed by atoms with van der Waals surface area (Å²) in [6, 6.07) is -2.69. The lowest BCUT2D eigenvalue weighted by atomic mass is 10.1. The number of halogens is 2. The molecule has 0 radical (unpaired) electrons. The maximum absolute atomic E-state index is 14.3. The molecule has 1 heterocycles. The number of carbonyl (C=O) groups excluding carboxylic acids is 1. The molecule has 3 rings (SSSR count). The number of pyridine rings is 1. The molecule has 33 heavy (non-hydrogen) atoms. The van der Waals surface area contributed by atoms with Gasteiger partial charge in [0.15, 0.2) is 0 Å². The van der Waals surface area contributed by atoms with Crippen LogP contribution in [0.15, 0.2) is 48.5 Å². The normalized spacial score (nSPS) is 18.4. The minimum absolute atomic E-state index is 0.147. The van der Waals surface area contributed by atoms with Crippen LogP contribution in [-0.2, 0) is 4.79 Å². The second kappa shape index (κ2) is 10.8. The fourth-order valence-corrected chi connectivity index (χ4v) is 2.63. The third-order valence-corrected chi connectivity index (χ3v) is 4.08. The molecular weight excluding hydrogens is 445 g/mol. The highest BCUT2D eigenvalue weighted by Gasteiger charge is 2.15. The highest BCUT2D eigenvalue weighted by atomic mass is 35.5. The molecule has 0 saturated carbocycles. The maximum Gasteiger partial charge on any atom is 0.248 e. The molecule has 0 saturated heterocycles. The van der Waals surface area contributed by atoms with E-state index >= 15 is 0 Å². The summed E-state index contributed by atoms with van der Waals surface area (Å²) in [7, 11) is 0. The van der Waals surface area contributed by atoms with E-state index in [0.717, 1.165) is 13.0 Å². The van der Waals surface area contributed by atoms with Crippen molar-refractivity contribution < 1.29 is 33.1 Å². The average molecular weight is 482 g/mol. The Morgan fingerprint density at radius 3 is 3.00 bits per heavy atom. The number of nitrogens with zero attached hydrogens (tertiary/aromatic N) is 3. The monoisotopic (exact) mass is 481 g/mol.